The standard InChI is InChI=1S/C15H19NO5S2/c1-2-8-16-15(17)13-6-4-12(5-7-13)14-11-22(18,19)9-3-10-23(14,20)21/h3-7,10,14H,2,8-9,11H2,1H3,(H,16,17). The van der Waals surface area contributed by atoms with Gasteiger partial charge in [-0.2, -0.15) is 0 Å². The number of sulfone groups is 2. The molecule has 0 radical (unpaired) electrons. The number of benzene rings is 1. The van der Waals surface area contributed by atoms with Crippen molar-refractivity contribution >= 4 is 25.6 Å². The molecule has 1 amide bonds. The van der Waals surface area contributed by atoms with E-state index in [1.54, 1.807) is 0 Å². The smallest absolute Gasteiger partial charge is 0.251 e. The molecule has 0 aliphatic carbocycles. The van der Waals surface area contributed by atoms with Gasteiger partial charge < -0.3 is 5.32 Å². The third-order valence-electron chi connectivity index (χ3n) is 3.52. The Bertz CT molecular complexity index is 808. The predicted octanol–water partition coefficient (Wildman–Crippen LogP) is 1.22. The van der Waals surface area contributed by atoms with Crippen LogP contribution in [0.5, 0.6) is 0 Å². The van der Waals surface area contributed by atoms with Gasteiger partial charge in [-0.05, 0) is 24.1 Å². The number of carbonyl (C=O) groups excluding carboxylic acids is 1. The normalized spacial score (nSPS) is 22.2. The fraction of sp³-hybridized carbons (Fsp3) is 0.400. The van der Waals surface area contributed by atoms with Crippen LogP contribution in [0.2, 0.25) is 0 Å². The van der Waals surface area contributed by atoms with E-state index in [-0.39, 0.29) is 11.7 Å². The minimum absolute atomic E-state index is 0.241. The number of carbonyl (C=O) groups is 1. The highest BCUT2D eigenvalue weighted by Gasteiger charge is 2.32. The molecule has 0 bridgehead atoms. The largest absolute Gasteiger partial charge is 0.352 e. The summed E-state index contributed by atoms with van der Waals surface area (Å²) in [6.07, 6.45) is 1.98. The lowest BCUT2D eigenvalue weighted by atomic mass is 10.1. The van der Waals surface area contributed by atoms with Gasteiger partial charge in [0.1, 0.15) is 5.25 Å². The van der Waals surface area contributed by atoms with Crippen molar-refractivity contribution in [3.8, 4) is 0 Å². The van der Waals surface area contributed by atoms with Gasteiger partial charge in [0.05, 0.1) is 11.5 Å². The van der Waals surface area contributed by atoms with E-state index in [0.29, 0.717) is 17.7 Å². The van der Waals surface area contributed by atoms with E-state index >= 15 is 0 Å². The summed E-state index contributed by atoms with van der Waals surface area (Å²) in [4.78, 5) is 11.8. The maximum atomic E-state index is 12.2. The maximum absolute atomic E-state index is 12.2. The zero-order valence-electron chi connectivity index (χ0n) is 12.7. The zero-order chi connectivity index (χ0) is 17.1. The SMILES string of the molecule is CCCNC(=O)c1ccc(C2CS(=O)(=O)CC=CS2(=O)=O)cc1. The van der Waals surface area contributed by atoms with Crippen molar-refractivity contribution in [3.05, 3.63) is 46.9 Å². The fourth-order valence-corrected chi connectivity index (χ4v) is 6.06. The van der Waals surface area contributed by atoms with Crippen LogP contribution in [0.25, 0.3) is 0 Å². The molecule has 2 rings (SSSR count). The fourth-order valence-electron chi connectivity index (χ4n) is 2.28. The first kappa shape index (κ1) is 17.7. The van der Waals surface area contributed by atoms with Crippen molar-refractivity contribution in [1.29, 1.82) is 0 Å². The summed E-state index contributed by atoms with van der Waals surface area (Å²) in [6.45, 7) is 2.49. The van der Waals surface area contributed by atoms with Gasteiger partial charge >= 0.3 is 0 Å². The Kier molecular flexibility index (Phi) is 5.26. The van der Waals surface area contributed by atoms with E-state index in [4.69, 9.17) is 0 Å². The molecule has 1 aromatic rings. The van der Waals surface area contributed by atoms with Crippen molar-refractivity contribution in [1.82, 2.24) is 5.32 Å². The van der Waals surface area contributed by atoms with Gasteiger partial charge in [0.2, 0.25) is 0 Å². The lowest BCUT2D eigenvalue weighted by Gasteiger charge is -2.14. The Labute approximate surface area is 136 Å². The molecule has 0 saturated heterocycles. The molecule has 1 aliphatic rings. The monoisotopic (exact) mass is 357 g/mol. The summed E-state index contributed by atoms with van der Waals surface area (Å²) < 4.78 is 48.2. The van der Waals surface area contributed by atoms with Crippen LogP contribution < -0.4 is 5.32 Å². The molecule has 1 atom stereocenters. The van der Waals surface area contributed by atoms with Crippen LogP contribution in [0, 0.1) is 0 Å². The molecule has 1 aliphatic heterocycles. The van der Waals surface area contributed by atoms with E-state index in [1.807, 2.05) is 6.92 Å². The van der Waals surface area contributed by atoms with Crippen molar-refractivity contribution in [2.24, 2.45) is 0 Å². The van der Waals surface area contributed by atoms with Gasteiger partial charge in [0, 0.05) is 17.5 Å². The Morgan fingerprint density at radius 3 is 2.43 bits per heavy atom. The highest BCUT2D eigenvalue weighted by Crippen LogP contribution is 2.28. The van der Waals surface area contributed by atoms with Crippen LogP contribution in [-0.4, -0.2) is 40.8 Å². The number of hydrogen-bond donors (Lipinski definition) is 1. The molecular weight excluding hydrogens is 338 g/mol. The van der Waals surface area contributed by atoms with Crippen LogP contribution in [0.15, 0.2) is 35.7 Å². The van der Waals surface area contributed by atoms with Gasteiger partial charge in [-0.3, -0.25) is 4.79 Å². The zero-order valence-corrected chi connectivity index (χ0v) is 14.4. The third-order valence-corrected chi connectivity index (χ3v) is 7.07. The number of nitrogens with one attached hydrogen (secondary N) is 1. The Morgan fingerprint density at radius 2 is 1.83 bits per heavy atom. The molecule has 0 saturated carbocycles. The topological polar surface area (TPSA) is 97.4 Å². The van der Waals surface area contributed by atoms with Crippen molar-refractivity contribution < 1.29 is 21.6 Å². The summed E-state index contributed by atoms with van der Waals surface area (Å²) in [7, 11) is -7.16. The molecule has 6 nitrogen and oxygen atoms in total. The molecule has 126 valence electrons. The van der Waals surface area contributed by atoms with Gasteiger partial charge in [0.15, 0.2) is 19.7 Å². The first-order valence-corrected chi connectivity index (χ1v) is 10.7. The molecule has 1 unspecified atom stereocenters. The molecule has 0 aromatic heterocycles. The highest BCUT2D eigenvalue weighted by molar-refractivity contribution is 7.97. The van der Waals surface area contributed by atoms with Crippen LogP contribution in [0.1, 0.15) is 34.5 Å². The highest BCUT2D eigenvalue weighted by atomic mass is 32.2. The molecule has 1 heterocycles. The van der Waals surface area contributed by atoms with E-state index in [2.05, 4.69) is 5.32 Å². The second kappa shape index (κ2) is 6.84. The number of amides is 1. The summed E-state index contributed by atoms with van der Waals surface area (Å²) in [5.74, 6) is -0.973. The average Bonchev–Trinajstić information content (AvgIpc) is 2.60. The van der Waals surface area contributed by atoms with Crippen LogP contribution in [-0.2, 0) is 19.7 Å². The van der Waals surface area contributed by atoms with Gasteiger partial charge in [0.25, 0.3) is 5.91 Å². The van der Waals surface area contributed by atoms with Crippen molar-refractivity contribution in [3.63, 3.8) is 0 Å². The second-order valence-electron chi connectivity index (χ2n) is 5.40. The Hall–Kier alpha value is -1.67. The second-order valence-corrected chi connectivity index (χ2v) is 9.58. The summed E-state index contributed by atoms with van der Waals surface area (Å²) >= 11 is 0. The number of rotatable bonds is 4. The molecule has 23 heavy (non-hydrogen) atoms. The molecule has 0 spiro atoms. The third kappa shape index (κ3) is 4.42. The van der Waals surface area contributed by atoms with Crippen molar-refractivity contribution in [2.75, 3.05) is 18.1 Å². The van der Waals surface area contributed by atoms with Crippen LogP contribution in [0.4, 0.5) is 0 Å². The minimum Gasteiger partial charge on any atom is -0.352 e. The maximum Gasteiger partial charge on any atom is 0.251 e. The van der Waals surface area contributed by atoms with E-state index in [0.717, 1.165) is 17.9 Å². The molecular formula is C15H19NO5S2. The predicted molar refractivity (Wildman–Crippen MR) is 88.5 cm³/mol. The quantitative estimate of drug-likeness (QED) is 0.874. The van der Waals surface area contributed by atoms with Crippen LogP contribution in [0.3, 0.4) is 0 Å². The lowest BCUT2D eigenvalue weighted by Crippen LogP contribution is -2.24. The van der Waals surface area contributed by atoms with Gasteiger partial charge in [-0.1, -0.05) is 25.1 Å². The first-order chi connectivity index (χ1) is 10.7. The Morgan fingerprint density at radius 1 is 1.17 bits per heavy atom. The van der Waals surface area contributed by atoms with Crippen molar-refractivity contribution in [2.45, 2.75) is 18.6 Å². The summed E-state index contributed by atoms with van der Waals surface area (Å²) in [5, 5.41) is 2.55. The molecule has 1 N–H and O–H groups in total. The van der Waals surface area contributed by atoms with E-state index in [1.165, 1.54) is 24.3 Å². The molecule has 0 fully saturated rings. The molecule has 8 heteroatoms. The summed E-state index contributed by atoms with van der Waals surface area (Å²) in [5.41, 5.74) is 0.777. The Balaban J connectivity index is 2.30. The van der Waals surface area contributed by atoms with Gasteiger partial charge in [-0.15, -0.1) is 0 Å². The molecule has 1 aromatic carbocycles. The first-order valence-electron chi connectivity index (χ1n) is 7.24. The van der Waals surface area contributed by atoms with E-state index < -0.39 is 30.7 Å². The lowest BCUT2D eigenvalue weighted by molar-refractivity contribution is 0.0953. The average molecular weight is 357 g/mol. The summed E-state index contributed by atoms with van der Waals surface area (Å²) in [6, 6.07) is 6.02. The van der Waals surface area contributed by atoms with Crippen LogP contribution >= 0.6 is 0 Å². The minimum atomic E-state index is -3.69. The van der Waals surface area contributed by atoms with Gasteiger partial charge in [-0.25, -0.2) is 16.8 Å². The van der Waals surface area contributed by atoms with E-state index in [9.17, 15) is 21.6 Å². The number of hydrogen-bond acceptors (Lipinski definition) is 5.